The quantitative estimate of drug-likeness (QED) is 0.528. The van der Waals surface area contributed by atoms with E-state index < -0.39 is 0 Å². The fourth-order valence-electron chi connectivity index (χ4n) is 2.77. The van der Waals surface area contributed by atoms with Crippen LogP contribution in [-0.4, -0.2) is 9.55 Å². The van der Waals surface area contributed by atoms with Crippen molar-refractivity contribution in [3.05, 3.63) is 88.6 Å². The molecule has 0 spiro atoms. The summed E-state index contributed by atoms with van der Waals surface area (Å²) in [4.78, 5) is 17.3. The fraction of sp³-hybridized carbons (Fsp3) is 0. The van der Waals surface area contributed by atoms with Gasteiger partial charge in [0.1, 0.15) is 16.8 Å². The lowest BCUT2D eigenvalue weighted by Crippen LogP contribution is -2.17. The van der Waals surface area contributed by atoms with Crippen LogP contribution in [0, 0.1) is 5.82 Å². The Morgan fingerprint density at radius 2 is 1.96 bits per heavy atom. The van der Waals surface area contributed by atoms with Crippen LogP contribution in [0.1, 0.15) is 5.56 Å². The Hall–Kier alpha value is -3.05. The van der Waals surface area contributed by atoms with Gasteiger partial charge < -0.3 is 0 Å². The zero-order valence-corrected chi connectivity index (χ0v) is 14.0. The van der Waals surface area contributed by atoms with E-state index in [9.17, 15) is 9.18 Å². The summed E-state index contributed by atoms with van der Waals surface area (Å²) >= 11 is 1.28. The molecular formula is C20H13FN2OS. The molecule has 2 heterocycles. The van der Waals surface area contributed by atoms with Gasteiger partial charge in [0.2, 0.25) is 0 Å². The standard InChI is InChI=1S/C20H13FN2OS/c1-2-13-6-5-7-14(10-13)23-12-22-18-16(11-25-19(18)20(23)24)15-8-3-4-9-17(15)21/h2-12H,1H2. The molecule has 0 atom stereocenters. The molecule has 0 saturated carbocycles. The molecule has 5 heteroatoms. The topological polar surface area (TPSA) is 34.9 Å². The SMILES string of the molecule is C=Cc1cccc(-n2cnc3c(-c4ccccc4F)csc3c2=O)c1. The lowest BCUT2D eigenvalue weighted by atomic mass is 10.1. The normalized spacial score (nSPS) is 10.9. The third kappa shape index (κ3) is 2.58. The van der Waals surface area contributed by atoms with Crippen molar-refractivity contribution in [1.82, 2.24) is 9.55 Å². The van der Waals surface area contributed by atoms with Gasteiger partial charge in [-0.15, -0.1) is 11.3 Å². The van der Waals surface area contributed by atoms with Gasteiger partial charge in [0.05, 0.1) is 11.2 Å². The van der Waals surface area contributed by atoms with E-state index in [-0.39, 0.29) is 11.4 Å². The lowest BCUT2D eigenvalue weighted by molar-refractivity contribution is 0.631. The predicted molar refractivity (Wildman–Crippen MR) is 101 cm³/mol. The highest BCUT2D eigenvalue weighted by molar-refractivity contribution is 7.17. The monoisotopic (exact) mass is 348 g/mol. The van der Waals surface area contributed by atoms with Crippen molar-refractivity contribution >= 4 is 27.6 Å². The highest BCUT2D eigenvalue weighted by Crippen LogP contribution is 2.32. The van der Waals surface area contributed by atoms with Crippen LogP contribution in [0.3, 0.4) is 0 Å². The van der Waals surface area contributed by atoms with E-state index in [4.69, 9.17) is 0 Å². The van der Waals surface area contributed by atoms with Gasteiger partial charge in [0, 0.05) is 16.5 Å². The molecular weight excluding hydrogens is 335 g/mol. The van der Waals surface area contributed by atoms with E-state index in [0.29, 0.717) is 21.3 Å². The number of benzene rings is 2. The summed E-state index contributed by atoms with van der Waals surface area (Å²) in [5.41, 5.74) is 3.09. The first kappa shape index (κ1) is 15.5. The first-order valence-electron chi connectivity index (χ1n) is 7.65. The minimum Gasteiger partial charge on any atom is -0.267 e. The van der Waals surface area contributed by atoms with Gasteiger partial charge in [-0.05, 0) is 23.8 Å². The number of hydrogen-bond donors (Lipinski definition) is 0. The van der Waals surface area contributed by atoms with E-state index in [2.05, 4.69) is 11.6 Å². The molecule has 122 valence electrons. The van der Waals surface area contributed by atoms with Crippen molar-refractivity contribution in [1.29, 1.82) is 0 Å². The van der Waals surface area contributed by atoms with Crippen molar-refractivity contribution in [3.8, 4) is 16.8 Å². The fourth-order valence-corrected chi connectivity index (χ4v) is 3.71. The molecule has 0 aliphatic carbocycles. The van der Waals surface area contributed by atoms with Crippen molar-refractivity contribution in [2.45, 2.75) is 0 Å². The third-order valence-electron chi connectivity index (χ3n) is 4.03. The van der Waals surface area contributed by atoms with Crippen LogP contribution < -0.4 is 5.56 Å². The minimum absolute atomic E-state index is 0.168. The van der Waals surface area contributed by atoms with E-state index in [1.165, 1.54) is 28.3 Å². The molecule has 0 aliphatic rings. The van der Waals surface area contributed by atoms with Crippen molar-refractivity contribution < 1.29 is 4.39 Å². The Morgan fingerprint density at radius 1 is 1.12 bits per heavy atom. The average molecular weight is 348 g/mol. The molecule has 3 nitrogen and oxygen atoms in total. The number of rotatable bonds is 3. The number of thiophene rings is 1. The first-order valence-corrected chi connectivity index (χ1v) is 8.53. The predicted octanol–water partition coefficient (Wildman–Crippen LogP) is 4.90. The molecule has 0 fully saturated rings. The van der Waals surface area contributed by atoms with Crippen LogP contribution in [0.2, 0.25) is 0 Å². The number of fused-ring (bicyclic) bond motifs is 1. The highest BCUT2D eigenvalue weighted by Gasteiger charge is 2.15. The average Bonchev–Trinajstić information content (AvgIpc) is 3.07. The Labute approximate surface area is 147 Å². The van der Waals surface area contributed by atoms with Crippen LogP contribution in [0.15, 0.2) is 71.6 Å². The molecule has 4 aromatic rings. The maximum atomic E-state index is 14.1. The van der Waals surface area contributed by atoms with Crippen molar-refractivity contribution in [2.75, 3.05) is 0 Å². The van der Waals surface area contributed by atoms with Gasteiger partial charge in [-0.3, -0.25) is 9.36 Å². The summed E-state index contributed by atoms with van der Waals surface area (Å²) in [6, 6.07) is 14.0. The third-order valence-corrected chi connectivity index (χ3v) is 4.99. The van der Waals surface area contributed by atoms with E-state index in [1.54, 1.807) is 29.7 Å². The van der Waals surface area contributed by atoms with Gasteiger partial charge in [-0.1, -0.05) is 43.0 Å². The molecule has 4 rings (SSSR count). The summed E-state index contributed by atoms with van der Waals surface area (Å²) in [7, 11) is 0. The molecule has 0 N–H and O–H groups in total. The largest absolute Gasteiger partial charge is 0.275 e. The summed E-state index contributed by atoms with van der Waals surface area (Å²) in [6.07, 6.45) is 3.21. The second-order valence-corrected chi connectivity index (χ2v) is 6.41. The lowest BCUT2D eigenvalue weighted by Gasteiger charge is -2.07. The Kier molecular flexibility index (Phi) is 3.78. The van der Waals surface area contributed by atoms with Gasteiger partial charge in [0.25, 0.3) is 5.56 Å². The summed E-state index contributed by atoms with van der Waals surface area (Å²) < 4.78 is 16.1. The molecule has 0 aliphatic heterocycles. The Morgan fingerprint density at radius 3 is 2.76 bits per heavy atom. The van der Waals surface area contributed by atoms with Crippen LogP contribution in [0.4, 0.5) is 4.39 Å². The first-order chi connectivity index (χ1) is 12.2. The van der Waals surface area contributed by atoms with Crippen LogP contribution in [0.25, 0.3) is 33.1 Å². The molecule has 25 heavy (non-hydrogen) atoms. The van der Waals surface area contributed by atoms with Crippen molar-refractivity contribution in [2.24, 2.45) is 0 Å². The molecule has 0 unspecified atom stereocenters. The molecule has 0 saturated heterocycles. The summed E-state index contributed by atoms with van der Waals surface area (Å²) in [6.45, 7) is 3.75. The molecule has 0 radical (unpaired) electrons. The maximum Gasteiger partial charge on any atom is 0.275 e. The van der Waals surface area contributed by atoms with E-state index in [0.717, 1.165) is 11.3 Å². The summed E-state index contributed by atoms with van der Waals surface area (Å²) in [5.74, 6) is -0.327. The zero-order chi connectivity index (χ0) is 17.4. The molecule has 2 aromatic heterocycles. The summed E-state index contributed by atoms with van der Waals surface area (Å²) in [5, 5.41) is 1.78. The second-order valence-electron chi connectivity index (χ2n) is 5.53. The Balaban J connectivity index is 1.92. The smallest absolute Gasteiger partial charge is 0.267 e. The highest BCUT2D eigenvalue weighted by atomic mass is 32.1. The van der Waals surface area contributed by atoms with E-state index >= 15 is 0 Å². The number of nitrogens with zero attached hydrogens (tertiary/aromatic N) is 2. The maximum absolute atomic E-state index is 14.1. The zero-order valence-electron chi connectivity index (χ0n) is 13.1. The minimum atomic E-state index is -0.327. The van der Waals surface area contributed by atoms with Gasteiger partial charge in [-0.2, -0.15) is 0 Å². The number of hydrogen-bond acceptors (Lipinski definition) is 3. The van der Waals surface area contributed by atoms with Crippen LogP contribution in [0.5, 0.6) is 0 Å². The van der Waals surface area contributed by atoms with Crippen molar-refractivity contribution in [3.63, 3.8) is 0 Å². The molecule has 0 amide bonds. The van der Waals surface area contributed by atoms with Gasteiger partial charge in [0.15, 0.2) is 0 Å². The Bertz CT molecular complexity index is 1160. The van der Waals surface area contributed by atoms with Crippen LogP contribution in [-0.2, 0) is 0 Å². The van der Waals surface area contributed by atoms with Gasteiger partial charge in [-0.25, -0.2) is 9.37 Å². The molecule has 2 aromatic carbocycles. The second kappa shape index (κ2) is 6.11. The van der Waals surface area contributed by atoms with Gasteiger partial charge >= 0.3 is 0 Å². The molecule has 0 bridgehead atoms. The van der Waals surface area contributed by atoms with Crippen LogP contribution >= 0.6 is 11.3 Å². The number of halogens is 1. The number of aromatic nitrogens is 2. The van der Waals surface area contributed by atoms with E-state index in [1.807, 2.05) is 24.3 Å².